The molecule has 2 rings (SSSR count). The first-order chi connectivity index (χ1) is 8.50. The molecule has 1 fully saturated rings. The Balaban J connectivity index is 2.05. The smallest absolute Gasteiger partial charge is 0.302 e. The molecular weight excluding hydrogens is 224 g/mol. The van der Waals surface area contributed by atoms with Crippen LogP contribution in [0.5, 0.6) is 0 Å². The zero-order valence-electron chi connectivity index (χ0n) is 11.5. The van der Waals surface area contributed by atoms with Crippen molar-refractivity contribution in [3.05, 3.63) is 35.9 Å². The molecule has 2 nitrogen and oxygen atoms in total. The molecular formula is C16H22O2. The zero-order chi connectivity index (χ0) is 13.2. The largest absolute Gasteiger partial charge is 0.462 e. The highest BCUT2D eigenvalue weighted by Gasteiger charge is 2.44. The lowest BCUT2D eigenvalue weighted by Crippen LogP contribution is -2.33. The first-order valence-corrected chi connectivity index (χ1v) is 6.71. The summed E-state index contributed by atoms with van der Waals surface area (Å²) < 4.78 is 5.46. The van der Waals surface area contributed by atoms with Crippen LogP contribution in [0.15, 0.2) is 30.3 Å². The average Bonchev–Trinajstić information content (AvgIpc) is 2.57. The van der Waals surface area contributed by atoms with E-state index in [0.29, 0.717) is 5.92 Å². The maximum atomic E-state index is 11.1. The lowest BCUT2D eigenvalue weighted by atomic mass is 9.77. The molecule has 1 aromatic carbocycles. The zero-order valence-corrected chi connectivity index (χ0v) is 11.5. The van der Waals surface area contributed by atoms with Gasteiger partial charge in [0.15, 0.2) is 0 Å². The van der Waals surface area contributed by atoms with E-state index in [2.05, 4.69) is 38.1 Å². The number of benzene rings is 1. The second-order valence-corrected chi connectivity index (χ2v) is 5.88. The summed E-state index contributed by atoms with van der Waals surface area (Å²) in [5.74, 6) is 0.428. The van der Waals surface area contributed by atoms with Crippen molar-refractivity contribution in [1.29, 1.82) is 0 Å². The summed E-state index contributed by atoms with van der Waals surface area (Å²) in [5, 5.41) is 0. The van der Waals surface area contributed by atoms with Gasteiger partial charge in [-0.1, -0.05) is 44.2 Å². The van der Waals surface area contributed by atoms with Crippen LogP contribution in [0.25, 0.3) is 0 Å². The summed E-state index contributed by atoms with van der Waals surface area (Å²) in [6, 6.07) is 10.6. The molecule has 0 N–H and O–H groups in total. The summed E-state index contributed by atoms with van der Waals surface area (Å²) >= 11 is 0. The lowest BCUT2D eigenvalue weighted by Gasteiger charge is -2.32. The van der Waals surface area contributed by atoms with Crippen LogP contribution in [0.4, 0.5) is 0 Å². The van der Waals surface area contributed by atoms with E-state index in [1.54, 1.807) is 0 Å². The van der Waals surface area contributed by atoms with Gasteiger partial charge >= 0.3 is 5.97 Å². The predicted molar refractivity (Wildman–Crippen MR) is 72.2 cm³/mol. The minimum absolute atomic E-state index is 0.0709. The van der Waals surface area contributed by atoms with Crippen LogP contribution in [-0.2, 0) is 16.0 Å². The van der Waals surface area contributed by atoms with Gasteiger partial charge < -0.3 is 4.74 Å². The van der Waals surface area contributed by atoms with E-state index < -0.39 is 0 Å². The molecule has 1 aliphatic rings. The van der Waals surface area contributed by atoms with Crippen LogP contribution in [0.2, 0.25) is 0 Å². The third-order valence-electron chi connectivity index (χ3n) is 4.29. The molecule has 18 heavy (non-hydrogen) atoms. The van der Waals surface area contributed by atoms with Gasteiger partial charge in [-0.25, -0.2) is 0 Å². The summed E-state index contributed by atoms with van der Waals surface area (Å²) in [6.45, 7) is 5.95. The Morgan fingerprint density at radius 1 is 1.28 bits per heavy atom. The predicted octanol–water partition coefficient (Wildman–Crippen LogP) is 3.60. The van der Waals surface area contributed by atoms with E-state index in [-0.39, 0.29) is 17.5 Å². The van der Waals surface area contributed by atoms with Gasteiger partial charge in [0.2, 0.25) is 0 Å². The van der Waals surface area contributed by atoms with Gasteiger partial charge in [0.1, 0.15) is 6.10 Å². The number of esters is 1. The van der Waals surface area contributed by atoms with E-state index in [9.17, 15) is 4.79 Å². The normalized spacial score (nSPS) is 25.9. The third-order valence-corrected chi connectivity index (χ3v) is 4.29. The van der Waals surface area contributed by atoms with Crippen LogP contribution in [-0.4, -0.2) is 12.1 Å². The fourth-order valence-electron chi connectivity index (χ4n) is 3.03. The second kappa shape index (κ2) is 5.13. The second-order valence-electron chi connectivity index (χ2n) is 5.88. The topological polar surface area (TPSA) is 26.3 Å². The van der Waals surface area contributed by atoms with Gasteiger partial charge in [-0.2, -0.15) is 0 Å². The molecule has 2 unspecified atom stereocenters. The Morgan fingerprint density at radius 2 is 1.94 bits per heavy atom. The van der Waals surface area contributed by atoms with Gasteiger partial charge in [-0.05, 0) is 30.7 Å². The van der Waals surface area contributed by atoms with E-state index >= 15 is 0 Å². The Morgan fingerprint density at radius 3 is 2.56 bits per heavy atom. The number of hydrogen-bond donors (Lipinski definition) is 0. The van der Waals surface area contributed by atoms with Gasteiger partial charge in [-0.15, -0.1) is 0 Å². The monoisotopic (exact) mass is 246 g/mol. The van der Waals surface area contributed by atoms with Crippen molar-refractivity contribution in [1.82, 2.24) is 0 Å². The molecule has 1 aliphatic carbocycles. The van der Waals surface area contributed by atoms with E-state index in [0.717, 1.165) is 19.3 Å². The standard InChI is InChI=1S/C16H22O2/c1-12(17)18-15-10-9-14(16(15,2)3)11-13-7-5-4-6-8-13/h4-8,14-15H,9-11H2,1-3H3. The molecule has 98 valence electrons. The number of ether oxygens (including phenoxy) is 1. The molecule has 0 amide bonds. The summed E-state index contributed by atoms with van der Waals surface area (Å²) in [7, 11) is 0. The Hall–Kier alpha value is -1.31. The first kappa shape index (κ1) is 13.1. The van der Waals surface area contributed by atoms with Crippen LogP contribution in [0.3, 0.4) is 0 Å². The molecule has 0 bridgehead atoms. The van der Waals surface area contributed by atoms with Gasteiger partial charge in [0.05, 0.1) is 0 Å². The van der Waals surface area contributed by atoms with Gasteiger partial charge in [0, 0.05) is 12.3 Å². The summed E-state index contributed by atoms with van der Waals surface area (Å²) in [5.41, 5.74) is 1.45. The summed E-state index contributed by atoms with van der Waals surface area (Å²) in [4.78, 5) is 11.1. The number of carbonyl (C=O) groups is 1. The van der Waals surface area contributed by atoms with E-state index in [4.69, 9.17) is 4.74 Å². The fraction of sp³-hybridized carbons (Fsp3) is 0.562. The number of carbonyl (C=O) groups excluding carboxylic acids is 1. The summed E-state index contributed by atoms with van der Waals surface area (Å²) in [6.07, 6.45) is 3.28. The van der Waals surface area contributed by atoms with Crippen molar-refractivity contribution in [3.63, 3.8) is 0 Å². The number of rotatable bonds is 3. The Kier molecular flexibility index (Phi) is 3.74. The molecule has 0 saturated heterocycles. The Bertz CT molecular complexity index is 408. The first-order valence-electron chi connectivity index (χ1n) is 6.71. The highest BCUT2D eigenvalue weighted by molar-refractivity contribution is 5.66. The SMILES string of the molecule is CC(=O)OC1CCC(Cc2ccccc2)C1(C)C. The van der Waals surface area contributed by atoms with Gasteiger partial charge in [0.25, 0.3) is 0 Å². The van der Waals surface area contributed by atoms with Gasteiger partial charge in [-0.3, -0.25) is 4.79 Å². The van der Waals surface area contributed by atoms with Crippen molar-refractivity contribution in [2.45, 2.75) is 46.1 Å². The molecule has 1 saturated carbocycles. The molecule has 0 aromatic heterocycles. The molecule has 0 spiro atoms. The van der Waals surface area contributed by atoms with Crippen molar-refractivity contribution in [2.75, 3.05) is 0 Å². The minimum Gasteiger partial charge on any atom is -0.462 e. The lowest BCUT2D eigenvalue weighted by molar-refractivity contribution is -0.151. The highest BCUT2D eigenvalue weighted by atomic mass is 16.5. The highest BCUT2D eigenvalue weighted by Crippen LogP contribution is 2.46. The Labute approximate surface area is 109 Å². The number of hydrogen-bond acceptors (Lipinski definition) is 2. The van der Waals surface area contributed by atoms with Crippen LogP contribution in [0.1, 0.15) is 39.2 Å². The van der Waals surface area contributed by atoms with Crippen molar-refractivity contribution >= 4 is 5.97 Å². The molecule has 0 radical (unpaired) electrons. The maximum absolute atomic E-state index is 11.1. The van der Waals surface area contributed by atoms with Crippen LogP contribution < -0.4 is 0 Å². The fourth-order valence-corrected chi connectivity index (χ4v) is 3.03. The minimum atomic E-state index is -0.159. The molecule has 0 aliphatic heterocycles. The molecule has 1 aromatic rings. The van der Waals surface area contributed by atoms with Crippen molar-refractivity contribution < 1.29 is 9.53 Å². The van der Waals surface area contributed by atoms with Crippen LogP contribution in [0, 0.1) is 11.3 Å². The van der Waals surface area contributed by atoms with Crippen LogP contribution >= 0.6 is 0 Å². The van der Waals surface area contributed by atoms with E-state index in [1.807, 2.05) is 6.07 Å². The molecule has 2 atom stereocenters. The van der Waals surface area contributed by atoms with E-state index in [1.165, 1.54) is 12.5 Å². The third kappa shape index (κ3) is 2.74. The van der Waals surface area contributed by atoms with Crippen molar-refractivity contribution in [3.8, 4) is 0 Å². The maximum Gasteiger partial charge on any atom is 0.302 e. The average molecular weight is 246 g/mol. The van der Waals surface area contributed by atoms with Crippen molar-refractivity contribution in [2.24, 2.45) is 11.3 Å². The molecule has 2 heteroatoms. The quantitative estimate of drug-likeness (QED) is 0.762. The molecule has 0 heterocycles.